The number of rotatable bonds is 3. The molecule has 1 aliphatic rings. The number of aliphatic carboxylic acids is 1. The fourth-order valence-electron chi connectivity index (χ4n) is 2.32. The van der Waals surface area contributed by atoms with E-state index in [1.807, 2.05) is 18.2 Å². The Kier molecular flexibility index (Phi) is 3.57. The van der Waals surface area contributed by atoms with E-state index in [0.29, 0.717) is 5.92 Å². The first-order chi connectivity index (χ1) is 7.75. The molecule has 0 saturated carbocycles. The van der Waals surface area contributed by atoms with Crippen LogP contribution >= 0.6 is 0 Å². The molecule has 2 rings (SSSR count). The molecule has 3 nitrogen and oxygen atoms in total. The molecular weight excluding hydrogens is 202 g/mol. The van der Waals surface area contributed by atoms with E-state index in [0.717, 1.165) is 25.8 Å². The van der Waals surface area contributed by atoms with Crippen LogP contribution in [0, 0.1) is 5.92 Å². The molecule has 1 heterocycles. The number of hydrogen-bond acceptors (Lipinski definition) is 2. The molecule has 1 aromatic carbocycles. The van der Waals surface area contributed by atoms with Crippen molar-refractivity contribution in [1.29, 1.82) is 0 Å². The number of carbonyl (C=O) groups is 1. The van der Waals surface area contributed by atoms with Gasteiger partial charge < -0.3 is 10.4 Å². The molecule has 2 atom stereocenters. The lowest BCUT2D eigenvalue weighted by molar-refractivity contribution is -0.140. The first-order valence-electron chi connectivity index (χ1n) is 5.76. The topological polar surface area (TPSA) is 49.3 Å². The number of carboxylic acids is 1. The minimum absolute atomic E-state index is 0.359. The molecule has 0 aliphatic carbocycles. The van der Waals surface area contributed by atoms with Crippen LogP contribution in [-0.4, -0.2) is 23.7 Å². The van der Waals surface area contributed by atoms with Crippen molar-refractivity contribution in [2.24, 2.45) is 5.92 Å². The zero-order valence-electron chi connectivity index (χ0n) is 9.23. The molecule has 1 saturated heterocycles. The van der Waals surface area contributed by atoms with Crippen molar-refractivity contribution in [3.8, 4) is 0 Å². The summed E-state index contributed by atoms with van der Waals surface area (Å²) in [7, 11) is 0. The number of hydrogen-bond donors (Lipinski definition) is 2. The van der Waals surface area contributed by atoms with Crippen LogP contribution in [0.4, 0.5) is 0 Å². The van der Waals surface area contributed by atoms with Crippen molar-refractivity contribution >= 4 is 5.97 Å². The number of carboxylic acid groups (broad SMARTS) is 1. The van der Waals surface area contributed by atoms with Gasteiger partial charge in [-0.15, -0.1) is 0 Å². The Balaban J connectivity index is 1.93. The molecule has 1 aliphatic heterocycles. The summed E-state index contributed by atoms with van der Waals surface area (Å²) in [6, 6.07) is 9.93. The second kappa shape index (κ2) is 5.12. The van der Waals surface area contributed by atoms with Gasteiger partial charge in [0.05, 0.1) is 0 Å². The monoisotopic (exact) mass is 219 g/mol. The van der Waals surface area contributed by atoms with Gasteiger partial charge in [0.1, 0.15) is 6.04 Å². The molecule has 86 valence electrons. The summed E-state index contributed by atoms with van der Waals surface area (Å²) in [5.74, 6) is -0.234. The summed E-state index contributed by atoms with van der Waals surface area (Å²) in [6.45, 7) is 0.814. The normalized spacial score (nSPS) is 25.2. The number of benzene rings is 1. The van der Waals surface area contributed by atoms with E-state index in [1.54, 1.807) is 0 Å². The third-order valence-corrected chi connectivity index (χ3v) is 3.18. The third kappa shape index (κ3) is 2.83. The minimum Gasteiger partial charge on any atom is -0.480 e. The van der Waals surface area contributed by atoms with Crippen LogP contribution in [0.1, 0.15) is 18.4 Å². The first kappa shape index (κ1) is 11.1. The first-order valence-corrected chi connectivity index (χ1v) is 5.76. The van der Waals surface area contributed by atoms with Crippen LogP contribution in [0.25, 0.3) is 0 Å². The van der Waals surface area contributed by atoms with Crippen molar-refractivity contribution in [3.05, 3.63) is 35.9 Å². The second-order valence-corrected chi connectivity index (χ2v) is 4.43. The van der Waals surface area contributed by atoms with E-state index in [1.165, 1.54) is 5.56 Å². The van der Waals surface area contributed by atoms with Crippen LogP contribution in [0.15, 0.2) is 30.3 Å². The van der Waals surface area contributed by atoms with Crippen LogP contribution in [0.3, 0.4) is 0 Å². The Morgan fingerprint density at radius 1 is 1.38 bits per heavy atom. The smallest absolute Gasteiger partial charge is 0.320 e. The zero-order chi connectivity index (χ0) is 11.4. The van der Waals surface area contributed by atoms with Gasteiger partial charge in [0.2, 0.25) is 0 Å². The largest absolute Gasteiger partial charge is 0.480 e. The molecule has 16 heavy (non-hydrogen) atoms. The average molecular weight is 219 g/mol. The molecule has 3 heteroatoms. The maximum atomic E-state index is 10.9. The minimum atomic E-state index is -0.724. The van der Waals surface area contributed by atoms with Gasteiger partial charge >= 0.3 is 5.97 Å². The zero-order valence-corrected chi connectivity index (χ0v) is 9.23. The van der Waals surface area contributed by atoms with Crippen LogP contribution in [0.2, 0.25) is 0 Å². The lowest BCUT2D eigenvalue weighted by Crippen LogP contribution is -2.43. The Morgan fingerprint density at radius 3 is 2.81 bits per heavy atom. The van der Waals surface area contributed by atoms with Crippen molar-refractivity contribution in [3.63, 3.8) is 0 Å². The highest BCUT2D eigenvalue weighted by Gasteiger charge is 2.26. The molecule has 0 aromatic heterocycles. The molecular formula is C13H17NO2. The standard InChI is InChI=1S/C13H17NO2/c15-13(16)12-9-11(6-7-14-12)8-10-4-2-1-3-5-10/h1-5,11-12,14H,6-9H2,(H,15,16). The van der Waals surface area contributed by atoms with Crippen molar-refractivity contribution in [2.75, 3.05) is 6.54 Å². The van der Waals surface area contributed by atoms with E-state index >= 15 is 0 Å². The molecule has 0 bridgehead atoms. The molecule has 1 fully saturated rings. The predicted molar refractivity (Wildman–Crippen MR) is 62.3 cm³/mol. The Hall–Kier alpha value is -1.35. The summed E-state index contributed by atoms with van der Waals surface area (Å²) in [5.41, 5.74) is 1.30. The SMILES string of the molecule is O=C(O)C1CC(Cc2ccccc2)CCN1. The summed E-state index contributed by atoms with van der Waals surface area (Å²) < 4.78 is 0. The summed E-state index contributed by atoms with van der Waals surface area (Å²) in [5, 5.41) is 12.0. The molecule has 0 radical (unpaired) electrons. The van der Waals surface area contributed by atoms with Crippen molar-refractivity contribution in [2.45, 2.75) is 25.3 Å². The fraction of sp³-hybridized carbons (Fsp3) is 0.462. The average Bonchev–Trinajstić information content (AvgIpc) is 2.30. The van der Waals surface area contributed by atoms with Gasteiger partial charge in [-0.2, -0.15) is 0 Å². The van der Waals surface area contributed by atoms with Crippen LogP contribution in [-0.2, 0) is 11.2 Å². The van der Waals surface area contributed by atoms with Gasteiger partial charge in [-0.3, -0.25) is 4.79 Å². The molecule has 0 spiro atoms. The summed E-state index contributed by atoms with van der Waals surface area (Å²) in [4.78, 5) is 10.9. The van der Waals surface area contributed by atoms with Crippen molar-refractivity contribution in [1.82, 2.24) is 5.32 Å². The fourth-order valence-corrected chi connectivity index (χ4v) is 2.32. The highest BCUT2D eigenvalue weighted by molar-refractivity contribution is 5.73. The maximum absolute atomic E-state index is 10.9. The van der Waals surface area contributed by atoms with E-state index in [4.69, 9.17) is 5.11 Å². The van der Waals surface area contributed by atoms with E-state index in [9.17, 15) is 4.79 Å². The van der Waals surface area contributed by atoms with Gasteiger partial charge in [-0.25, -0.2) is 0 Å². The lowest BCUT2D eigenvalue weighted by Gasteiger charge is -2.27. The molecule has 1 aromatic rings. The summed E-state index contributed by atoms with van der Waals surface area (Å²) >= 11 is 0. The molecule has 2 N–H and O–H groups in total. The van der Waals surface area contributed by atoms with Gasteiger partial charge in [0.25, 0.3) is 0 Å². The molecule has 0 amide bonds. The third-order valence-electron chi connectivity index (χ3n) is 3.18. The van der Waals surface area contributed by atoms with E-state index in [2.05, 4.69) is 17.4 Å². The maximum Gasteiger partial charge on any atom is 0.320 e. The van der Waals surface area contributed by atoms with Gasteiger partial charge in [-0.05, 0) is 37.3 Å². The van der Waals surface area contributed by atoms with Crippen molar-refractivity contribution < 1.29 is 9.90 Å². The number of piperidine rings is 1. The van der Waals surface area contributed by atoms with Gasteiger partial charge in [0.15, 0.2) is 0 Å². The summed E-state index contributed by atoms with van der Waals surface area (Å²) in [6.07, 6.45) is 2.80. The highest BCUT2D eigenvalue weighted by Crippen LogP contribution is 2.21. The Bertz CT molecular complexity index is 350. The Labute approximate surface area is 95.5 Å². The quantitative estimate of drug-likeness (QED) is 0.813. The van der Waals surface area contributed by atoms with Crippen LogP contribution in [0.5, 0.6) is 0 Å². The highest BCUT2D eigenvalue weighted by atomic mass is 16.4. The second-order valence-electron chi connectivity index (χ2n) is 4.43. The molecule has 2 unspecified atom stereocenters. The van der Waals surface area contributed by atoms with E-state index < -0.39 is 5.97 Å². The number of nitrogens with one attached hydrogen (secondary N) is 1. The predicted octanol–water partition coefficient (Wildman–Crippen LogP) is 1.68. The van der Waals surface area contributed by atoms with Gasteiger partial charge in [-0.1, -0.05) is 30.3 Å². The van der Waals surface area contributed by atoms with E-state index in [-0.39, 0.29) is 6.04 Å². The Morgan fingerprint density at radius 2 is 2.12 bits per heavy atom. The van der Waals surface area contributed by atoms with Gasteiger partial charge in [0, 0.05) is 0 Å². The lowest BCUT2D eigenvalue weighted by atomic mass is 9.87. The van der Waals surface area contributed by atoms with Crippen LogP contribution < -0.4 is 5.32 Å².